The van der Waals surface area contributed by atoms with Gasteiger partial charge in [-0.3, -0.25) is 9.88 Å². The van der Waals surface area contributed by atoms with Crippen molar-refractivity contribution in [2.45, 2.75) is 32.9 Å². The summed E-state index contributed by atoms with van der Waals surface area (Å²) in [5, 5.41) is 5.03. The number of halogens is 1. The van der Waals surface area contributed by atoms with Crippen molar-refractivity contribution >= 4 is 28.8 Å². The van der Waals surface area contributed by atoms with Crippen LogP contribution in [-0.4, -0.2) is 39.0 Å². The number of thiazole rings is 1. The number of nitrogens with zero attached hydrogens (tertiary/aromatic N) is 4. The molecular formula is C15H20ClN5S. The molecule has 5 nitrogen and oxygen atoms in total. The zero-order valence-corrected chi connectivity index (χ0v) is 14.4. The van der Waals surface area contributed by atoms with E-state index in [9.17, 15) is 0 Å². The van der Waals surface area contributed by atoms with E-state index >= 15 is 0 Å². The van der Waals surface area contributed by atoms with Gasteiger partial charge >= 0.3 is 0 Å². The Morgan fingerprint density at radius 3 is 2.95 bits per heavy atom. The number of aromatic nitrogens is 3. The molecule has 0 spiro atoms. The molecule has 7 heteroatoms. The number of nitrogens with one attached hydrogen (secondary N) is 1. The molecule has 1 N–H and O–H groups in total. The van der Waals surface area contributed by atoms with Gasteiger partial charge in [0.2, 0.25) is 0 Å². The molecule has 2 aromatic rings. The second kappa shape index (κ2) is 6.89. The minimum atomic E-state index is 0.409. The van der Waals surface area contributed by atoms with E-state index in [0.29, 0.717) is 17.1 Å². The van der Waals surface area contributed by atoms with Crippen molar-refractivity contribution in [3.63, 3.8) is 0 Å². The Labute approximate surface area is 139 Å². The van der Waals surface area contributed by atoms with Gasteiger partial charge in [-0.25, -0.2) is 9.97 Å². The summed E-state index contributed by atoms with van der Waals surface area (Å²) in [7, 11) is 0. The number of anilines is 1. The normalized spacial score (nSPS) is 22.7. The van der Waals surface area contributed by atoms with E-state index in [1.54, 1.807) is 23.7 Å². The zero-order valence-electron chi connectivity index (χ0n) is 12.8. The number of piperidine rings is 1. The lowest BCUT2D eigenvalue weighted by molar-refractivity contribution is 0.166. The van der Waals surface area contributed by atoms with Crippen molar-refractivity contribution in [3.8, 4) is 0 Å². The molecule has 0 amide bonds. The van der Waals surface area contributed by atoms with E-state index in [1.807, 2.05) is 6.20 Å². The van der Waals surface area contributed by atoms with Crippen LogP contribution < -0.4 is 5.32 Å². The molecule has 1 fully saturated rings. The summed E-state index contributed by atoms with van der Waals surface area (Å²) in [6.07, 6.45) is 6.37. The Kier molecular flexibility index (Phi) is 4.90. The van der Waals surface area contributed by atoms with Gasteiger partial charge in [-0.2, -0.15) is 0 Å². The average Bonchev–Trinajstić information content (AvgIpc) is 2.87. The largest absolute Gasteiger partial charge is 0.366 e. The van der Waals surface area contributed by atoms with Crippen LogP contribution >= 0.6 is 22.9 Å². The first-order valence-corrected chi connectivity index (χ1v) is 8.67. The molecule has 0 saturated carbocycles. The van der Waals surface area contributed by atoms with Gasteiger partial charge in [0.15, 0.2) is 0 Å². The highest BCUT2D eigenvalue weighted by Gasteiger charge is 2.26. The predicted octanol–water partition coefficient (Wildman–Crippen LogP) is 3.22. The minimum absolute atomic E-state index is 0.409. The Balaban J connectivity index is 1.55. The van der Waals surface area contributed by atoms with Crippen molar-refractivity contribution in [1.29, 1.82) is 0 Å². The van der Waals surface area contributed by atoms with Crippen molar-refractivity contribution in [2.24, 2.45) is 5.92 Å². The molecule has 2 aromatic heterocycles. The van der Waals surface area contributed by atoms with Crippen LogP contribution in [-0.2, 0) is 6.54 Å². The summed E-state index contributed by atoms with van der Waals surface area (Å²) in [5.41, 5.74) is 0. The van der Waals surface area contributed by atoms with Crippen LogP contribution in [0.5, 0.6) is 0 Å². The van der Waals surface area contributed by atoms with E-state index < -0.39 is 0 Å². The Morgan fingerprint density at radius 1 is 1.41 bits per heavy atom. The van der Waals surface area contributed by atoms with Crippen molar-refractivity contribution in [1.82, 2.24) is 19.9 Å². The van der Waals surface area contributed by atoms with Crippen molar-refractivity contribution in [3.05, 3.63) is 33.6 Å². The molecule has 118 valence electrons. The van der Waals surface area contributed by atoms with Crippen molar-refractivity contribution < 1.29 is 0 Å². The highest BCUT2D eigenvalue weighted by molar-refractivity contribution is 7.11. The highest BCUT2D eigenvalue weighted by atomic mass is 35.5. The van der Waals surface area contributed by atoms with Crippen LogP contribution in [0.4, 0.5) is 5.82 Å². The number of rotatable bonds is 4. The second-order valence-corrected chi connectivity index (χ2v) is 7.53. The maximum absolute atomic E-state index is 5.89. The van der Waals surface area contributed by atoms with Crippen molar-refractivity contribution in [2.75, 3.05) is 18.4 Å². The molecule has 1 aliphatic heterocycles. The van der Waals surface area contributed by atoms with Gasteiger partial charge in [0.1, 0.15) is 11.0 Å². The topological polar surface area (TPSA) is 53.9 Å². The van der Waals surface area contributed by atoms with Crippen LogP contribution in [0.2, 0.25) is 5.15 Å². The molecule has 0 aromatic carbocycles. The predicted molar refractivity (Wildman–Crippen MR) is 90.4 cm³/mol. The van der Waals surface area contributed by atoms with Gasteiger partial charge in [0.05, 0.1) is 17.4 Å². The van der Waals surface area contributed by atoms with E-state index in [4.69, 9.17) is 11.6 Å². The number of hydrogen-bond donors (Lipinski definition) is 1. The van der Waals surface area contributed by atoms with Gasteiger partial charge in [-0.1, -0.05) is 18.5 Å². The smallest absolute Gasteiger partial charge is 0.149 e. The maximum atomic E-state index is 5.89. The van der Waals surface area contributed by atoms with E-state index in [0.717, 1.165) is 36.9 Å². The number of aryl methyl sites for hydroxylation is 1. The van der Waals surface area contributed by atoms with Gasteiger partial charge < -0.3 is 5.32 Å². The maximum Gasteiger partial charge on any atom is 0.149 e. The van der Waals surface area contributed by atoms with Crippen LogP contribution in [0, 0.1) is 12.8 Å². The van der Waals surface area contributed by atoms with Crippen LogP contribution in [0.15, 0.2) is 18.6 Å². The average molecular weight is 338 g/mol. The third-order valence-electron chi connectivity index (χ3n) is 3.98. The molecular weight excluding hydrogens is 318 g/mol. The number of likely N-dealkylation sites (tertiary alicyclic amines) is 1. The fourth-order valence-corrected chi connectivity index (χ4v) is 3.88. The Bertz CT molecular complexity index is 632. The highest BCUT2D eigenvalue weighted by Crippen LogP contribution is 2.23. The molecule has 1 aliphatic rings. The summed E-state index contributed by atoms with van der Waals surface area (Å²) >= 11 is 7.67. The molecule has 0 aliphatic carbocycles. The fourth-order valence-electron chi connectivity index (χ4n) is 2.89. The second-order valence-electron chi connectivity index (χ2n) is 5.82. The first-order chi connectivity index (χ1) is 10.6. The summed E-state index contributed by atoms with van der Waals surface area (Å²) in [6, 6.07) is 0.409. The van der Waals surface area contributed by atoms with Crippen LogP contribution in [0.1, 0.15) is 23.2 Å². The van der Waals surface area contributed by atoms with Gasteiger partial charge in [-0.05, 0) is 19.3 Å². The standard InChI is InChI=1S/C15H20ClN5S/c1-10-8-21(9-12-5-18-11(2)22-12)4-3-13(10)19-15-7-17-6-14(16)20-15/h5-7,10,13H,3-4,8-9H2,1-2H3,(H,19,20). The quantitative estimate of drug-likeness (QED) is 0.928. The molecule has 3 heterocycles. The van der Waals surface area contributed by atoms with E-state index in [2.05, 4.69) is 39.0 Å². The summed E-state index contributed by atoms with van der Waals surface area (Å²) < 4.78 is 0. The van der Waals surface area contributed by atoms with Gasteiger partial charge in [-0.15, -0.1) is 11.3 Å². The summed E-state index contributed by atoms with van der Waals surface area (Å²) in [5.74, 6) is 1.31. The molecule has 3 rings (SSSR count). The molecule has 0 bridgehead atoms. The Morgan fingerprint density at radius 2 is 2.27 bits per heavy atom. The lowest BCUT2D eigenvalue weighted by Crippen LogP contribution is -2.44. The number of hydrogen-bond acceptors (Lipinski definition) is 6. The Hall–Kier alpha value is -1.24. The molecule has 22 heavy (non-hydrogen) atoms. The van der Waals surface area contributed by atoms with Gasteiger partial charge in [0.25, 0.3) is 0 Å². The third-order valence-corrected chi connectivity index (χ3v) is 5.06. The van der Waals surface area contributed by atoms with Crippen LogP contribution in [0.3, 0.4) is 0 Å². The minimum Gasteiger partial charge on any atom is -0.366 e. The molecule has 1 saturated heterocycles. The first-order valence-electron chi connectivity index (χ1n) is 7.48. The lowest BCUT2D eigenvalue weighted by atomic mass is 9.94. The van der Waals surface area contributed by atoms with Crippen LogP contribution in [0.25, 0.3) is 0 Å². The fraction of sp³-hybridized carbons (Fsp3) is 0.533. The monoisotopic (exact) mass is 337 g/mol. The summed E-state index contributed by atoms with van der Waals surface area (Å²) in [4.78, 5) is 16.5. The third kappa shape index (κ3) is 3.94. The van der Waals surface area contributed by atoms with Gasteiger partial charge in [0, 0.05) is 36.8 Å². The zero-order chi connectivity index (χ0) is 15.5. The van der Waals surface area contributed by atoms with E-state index in [1.165, 1.54) is 4.88 Å². The lowest BCUT2D eigenvalue weighted by Gasteiger charge is -2.37. The molecule has 0 radical (unpaired) electrons. The molecule has 2 unspecified atom stereocenters. The van der Waals surface area contributed by atoms with E-state index in [-0.39, 0.29) is 0 Å². The SMILES string of the molecule is Cc1ncc(CN2CCC(Nc3cncc(Cl)n3)C(C)C2)s1. The molecule has 2 atom stereocenters. The first kappa shape index (κ1) is 15.6. The summed E-state index contributed by atoms with van der Waals surface area (Å²) in [6.45, 7) is 7.48.